The van der Waals surface area contributed by atoms with Gasteiger partial charge in [0.2, 0.25) is 0 Å². The van der Waals surface area contributed by atoms with Crippen molar-refractivity contribution in [3.8, 4) is 0 Å². The number of carbonyl (C=O) groups excluding carboxylic acids is 2. The number of hydrogen-bond acceptors (Lipinski definition) is 5. The van der Waals surface area contributed by atoms with E-state index in [-0.39, 0.29) is 11.9 Å². The summed E-state index contributed by atoms with van der Waals surface area (Å²) in [7, 11) is 1.33. The van der Waals surface area contributed by atoms with Crippen molar-refractivity contribution in [3.05, 3.63) is 107 Å². The van der Waals surface area contributed by atoms with Crippen LogP contribution in [-0.2, 0) is 24.1 Å². The number of carbonyl (C=O) groups is 2. The number of anilines is 1. The molecule has 3 N–H and O–H groups in total. The first-order valence-electron chi connectivity index (χ1n) is 12.4. The van der Waals surface area contributed by atoms with Crippen LogP contribution in [0.3, 0.4) is 0 Å². The van der Waals surface area contributed by atoms with Gasteiger partial charge in [-0.15, -0.1) is 0 Å². The summed E-state index contributed by atoms with van der Waals surface area (Å²) in [5, 5.41) is 2.67. The highest BCUT2D eigenvalue weighted by Gasteiger charge is 2.34. The molecule has 5 rings (SSSR count). The molecule has 2 aliphatic rings. The zero-order valence-electron chi connectivity index (χ0n) is 20.8. The van der Waals surface area contributed by atoms with E-state index in [2.05, 4.69) is 28.3 Å². The molecule has 3 aromatic carbocycles. The van der Waals surface area contributed by atoms with Crippen LogP contribution in [0.15, 0.2) is 84.0 Å². The van der Waals surface area contributed by atoms with Gasteiger partial charge in [0.15, 0.2) is 0 Å². The van der Waals surface area contributed by atoms with Crippen molar-refractivity contribution in [1.82, 2.24) is 4.90 Å². The number of methoxy groups -OCH3 is 1. The topological polar surface area (TPSA) is 97.0 Å². The monoisotopic (exact) mass is 494 g/mol. The third-order valence-electron chi connectivity index (χ3n) is 7.00. The van der Waals surface area contributed by atoms with Crippen LogP contribution in [0.5, 0.6) is 0 Å². The SMILES string of the molecule is COC(=O)Nc1ccc(C2=CN=C([C@H](Cc3ccccc3)N3CCc4cc(CN)ccc4C3=O)C2)cc1. The molecule has 0 unspecified atom stereocenters. The van der Waals surface area contributed by atoms with Gasteiger partial charge in [0.1, 0.15) is 0 Å². The number of nitrogens with zero attached hydrogens (tertiary/aromatic N) is 2. The van der Waals surface area contributed by atoms with Gasteiger partial charge in [-0.1, -0.05) is 54.6 Å². The number of hydrogen-bond donors (Lipinski definition) is 2. The molecule has 37 heavy (non-hydrogen) atoms. The number of benzene rings is 3. The Labute approximate surface area is 216 Å². The number of aliphatic imine (C=N–C) groups is 1. The van der Waals surface area contributed by atoms with E-state index in [9.17, 15) is 9.59 Å². The van der Waals surface area contributed by atoms with Crippen LogP contribution in [0.4, 0.5) is 10.5 Å². The van der Waals surface area contributed by atoms with Crippen molar-refractivity contribution < 1.29 is 14.3 Å². The van der Waals surface area contributed by atoms with E-state index >= 15 is 0 Å². The molecule has 0 aliphatic carbocycles. The molecule has 3 aromatic rings. The van der Waals surface area contributed by atoms with Crippen LogP contribution in [0.1, 0.15) is 39.0 Å². The third kappa shape index (κ3) is 5.32. The molecule has 0 fully saturated rings. The van der Waals surface area contributed by atoms with E-state index in [0.717, 1.165) is 40.0 Å². The maximum atomic E-state index is 13.7. The summed E-state index contributed by atoms with van der Waals surface area (Å²) in [5.41, 5.74) is 13.6. The summed E-state index contributed by atoms with van der Waals surface area (Å²) < 4.78 is 4.66. The van der Waals surface area contributed by atoms with Crippen molar-refractivity contribution in [2.75, 3.05) is 19.0 Å². The Balaban J connectivity index is 1.37. The van der Waals surface area contributed by atoms with Crippen LogP contribution in [0, 0.1) is 0 Å². The van der Waals surface area contributed by atoms with Crippen molar-refractivity contribution >= 4 is 29.0 Å². The van der Waals surface area contributed by atoms with E-state index in [4.69, 9.17) is 10.7 Å². The van der Waals surface area contributed by atoms with Crippen LogP contribution < -0.4 is 11.1 Å². The Morgan fingerprint density at radius 2 is 1.86 bits per heavy atom. The van der Waals surface area contributed by atoms with Crippen LogP contribution in [-0.4, -0.2) is 42.3 Å². The molecule has 188 valence electrons. The average molecular weight is 495 g/mol. The highest BCUT2D eigenvalue weighted by atomic mass is 16.5. The second-order valence-electron chi connectivity index (χ2n) is 9.30. The smallest absolute Gasteiger partial charge is 0.411 e. The highest BCUT2D eigenvalue weighted by molar-refractivity contribution is 6.06. The van der Waals surface area contributed by atoms with E-state index in [0.29, 0.717) is 31.6 Å². The Morgan fingerprint density at radius 3 is 2.59 bits per heavy atom. The lowest BCUT2D eigenvalue weighted by Gasteiger charge is -2.36. The van der Waals surface area contributed by atoms with Gasteiger partial charge in [-0.3, -0.25) is 15.1 Å². The quantitative estimate of drug-likeness (QED) is 0.492. The minimum absolute atomic E-state index is 0.0418. The van der Waals surface area contributed by atoms with Crippen molar-refractivity contribution in [2.45, 2.75) is 31.8 Å². The van der Waals surface area contributed by atoms with E-state index in [1.54, 1.807) is 0 Å². The minimum Gasteiger partial charge on any atom is -0.453 e. The summed E-state index contributed by atoms with van der Waals surface area (Å²) in [4.78, 5) is 32.0. The first-order chi connectivity index (χ1) is 18.1. The van der Waals surface area contributed by atoms with E-state index < -0.39 is 6.09 Å². The molecular weight excluding hydrogens is 464 g/mol. The minimum atomic E-state index is -0.505. The summed E-state index contributed by atoms with van der Waals surface area (Å²) in [6, 6.07) is 23.6. The first kappa shape index (κ1) is 24.5. The maximum absolute atomic E-state index is 13.7. The second-order valence-corrected chi connectivity index (χ2v) is 9.30. The maximum Gasteiger partial charge on any atom is 0.411 e. The zero-order valence-corrected chi connectivity index (χ0v) is 20.8. The molecule has 7 heteroatoms. The van der Waals surface area contributed by atoms with E-state index in [1.165, 1.54) is 12.7 Å². The molecule has 0 aromatic heterocycles. The number of allylic oxidation sites excluding steroid dienone is 1. The Bertz CT molecular complexity index is 1360. The number of nitrogens with two attached hydrogens (primary N) is 1. The predicted molar refractivity (Wildman–Crippen MR) is 146 cm³/mol. The van der Waals surface area contributed by atoms with Crippen molar-refractivity contribution in [3.63, 3.8) is 0 Å². The van der Waals surface area contributed by atoms with Gasteiger partial charge in [-0.05, 0) is 58.9 Å². The molecule has 1 atom stereocenters. The number of nitrogens with one attached hydrogen (secondary N) is 1. The van der Waals surface area contributed by atoms with Gasteiger partial charge in [-0.25, -0.2) is 4.79 Å². The molecule has 0 radical (unpaired) electrons. The average Bonchev–Trinajstić information content (AvgIpc) is 3.43. The summed E-state index contributed by atoms with van der Waals surface area (Å²) >= 11 is 0. The van der Waals surface area contributed by atoms with Gasteiger partial charge in [0.25, 0.3) is 5.91 Å². The summed E-state index contributed by atoms with van der Waals surface area (Å²) in [6.07, 6.45) is 3.54. The lowest BCUT2D eigenvalue weighted by Crippen LogP contribution is -2.49. The molecular formula is C30H30N4O3. The van der Waals surface area contributed by atoms with Gasteiger partial charge in [0, 0.05) is 42.7 Å². The Kier molecular flexibility index (Phi) is 7.14. The molecule has 7 nitrogen and oxygen atoms in total. The molecule has 2 aliphatic heterocycles. The second kappa shape index (κ2) is 10.8. The fraction of sp³-hybridized carbons (Fsp3) is 0.233. The van der Waals surface area contributed by atoms with Gasteiger partial charge in [-0.2, -0.15) is 0 Å². The van der Waals surface area contributed by atoms with E-state index in [1.807, 2.05) is 65.7 Å². The van der Waals surface area contributed by atoms with Gasteiger partial charge < -0.3 is 15.4 Å². The largest absolute Gasteiger partial charge is 0.453 e. The molecule has 2 heterocycles. The first-order valence-corrected chi connectivity index (χ1v) is 12.4. The number of fused-ring (bicyclic) bond motifs is 1. The van der Waals surface area contributed by atoms with Crippen LogP contribution >= 0.6 is 0 Å². The number of amides is 2. The third-order valence-corrected chi connectivity index (χ3v) is 7.00. The number of ether oxygens (including phenoxy) is 1. The highest BCUT2D eigenvalue weighted by Crippen LogP contribution is 2.30. The fourth-order valence-corrected chi connectivity index (χ4v) is 4.99. The predicted octanol–water partition coefficient (Wildman–Crippen LogP) is 4.82. The summed E-state index contributed by atoms with van der Waals surface area (Å²) in [5.74, 6) is 0.0418. The van der Waals surface area contributed by atoms with Crippen LogP contribution in [0.2, 0.25) is 0 Å². The molecule has 0 saturated carbocycles. The molecule has 0 saturated heterocycles. The van der Waals surface area contributed by atoms with Crippen molar-refractivity contribution in [1.29, 1.82) is 0 Å². The lowest BCUT2D eigenvalue weighted by molar-refractivity contribution is 0.0707. The Morgan fingerprint density at radius 1 is 1.08 bits per heavy atom. The molecule has 2 amide bonds. The standard InChI is InChI=1S/C30H30N4O3/c1-37-30(36)33-25-10-8-22(9-11-25)24-17-27(32-19-24)28(16-20-5-3-2-4-6-20)34-14-13-23-15-21(18-31)7-12-26(23)29(34)35/h2-12,15,19,28H,13-14,16-18,31H2,1H3,(H,33,36)/t28-/m0/s1. The Hall–Kier alpha value is -4.23. The lowest BCUT2D eigenvalue weighted by atomic mass is 9.90. The number of rotatable bonds is 7. The summed E-state index contributed by atoms with van der Waals surface area (Å²) in [6.45, 7) is 1.10. The van der Waals surface area contributed by atoms with Gasteiger partial charge in [0.05, 0.1) is 13.2 Å². The zero-order chi connectivity index (χ0) is 25.8. The fourth-order valence-electron chi connectivity index (χ4n) is 4.99. The van der Waals surface area contributed by atoms with Crippen molar-refractivity contribution in [2.24, 2.45) is 10.7 Å². The molecule has 0 spiro atoms. The van der Waals surface area contributed by atoms with Gasteiger partial charge >= 0.3 is 6.09 Å². The molecule has 0 bridgehead atoms. The van der Waals surface area contributed by atoms with Crippen LogP contribution in [0.25, 0.3) is 5.57 Å². The normalized spacial score (nSPS) is 15.5.